The van der Waals surface area contributed by atoms with E-state index in [2.05, 4.69) is 44.6 Å². The number of halogens is 1. The van der Waals surface area contributed by atoms with Crippen molar-refractivity contribution in [2.45, 2.75) is 6.61 Å². The van der Waals surface area contributed by atoms with Crippen LogP contribution >= 0.6 is 22.6 Å². The molecule has 1 N–H and O–H groups in total. The lowest BCUT2D eigenvalue weighted by atomic mass is 10.1. The molecular weight excluding hydrogens is 519 g/mol. The highest BCUT2D eigenvalue weighted by atomic mass is 127. The van der Waals surface area contributed by atoms with Crippen molar-refractivity contribution in [2.24, 2.45) is 4.99 Å². The highest BCUT2D eigenvalue weighted by Crippen LogP contribution is 2.24. The summed E-state index contributed by atoms with van der Waals surface area (Å²) in [6.45, 7) is 3.76. The third-order valence-corrected chi connectivity index (χ3v) is 5.98. The molecule has 0 unspecified atom stereocenters. The van der Waals surface area contributed by atoms with E-state index in [0.717, 1.165) is 52.4 Å². The monoisotopic (exact) mass is 542 g/mol. The average molecular weight is 542 g/mol. The number of aliphatic imine (C=N–C) groups is 1. The van der Waals surface area contributed by atoms with Crippen LogP contribution in [0.1, 0.15) is 21.5 Å². The number of rotatable bonds is 7. The fraction of sp³-hybridized carbons (Fsp3) is 0.200. The minimum Gasteiger partial charge on any atom is -0.488 e. The van der Waals surface area contributed by atoms with Crippen LogP contribution in [-0.2, 0) is 11.3 Å². The Hall–Kier alpha value is -2.91. The van der Waals surface area contributed by atoms with Crippen molar-refractivity contribution in [2.75, 3.05) is 31.2 Å². The van der Waals surface area contributed by atoms with E-state index in [9.17, 15) is 4.79 Å². The van der Waals surface area contributed by atoms with Gasteiger partial charge < -0.3 is 19.5 Å². The fourth-order valence-electron chi connectivity index (χ4n) is 3.34. The second-order valence-electron chi connectivity index (χ2n) is 7.35. The van der Waals surface area contributed by atoms with Gasteiger partial charge in [0.15, 0.2) is 0 Å². The van der Waals surface area contributed by atoms with Gasteiger partial charge in [0.25, 0.3) is 0 Å². The summed E-state index contributed by atoms with van der Waals surface area (Å²) >= 11 is 2.25. The standard InChI is InChI=1S/C25H23IN2O4/c26-23-15-19(3-10-24(23)32-17-18-1-4-20(5-2-18)25(29)30)16-27-21-6-8-22(9-7-21)28-11-13-31-14-12-28/h1-10,15-16H,11-14,17H2,(H,29,30). The summed E-state index contributed by atoms with van der Waals surface area (Å²) in [7, 11) is 0. The molecule has 32 heavy (non-hydrogen) atoms. The van der Waals surface area contributed by atoms with Gasteiger partial charge in [-0.15, -0.1) is 0 Å². The predicted octanol–water partition coefficient (Wildman–Crippen LogP) is 5.16. The van der Waals surface area contributed by atoms with Crippen LogP contribution in [0.2, 0.25) is 0 Å². The minimum absolute atomic E-state index is 0.266. The highest BCUT2D eigenvalue weighted by molar-refractivity contribution is 14.1. The molecule has 1 heterocycles. The van der Waals surface area contributed by atoms with Crippen molar-refractivity contribution in [1.82, 2.24) is 0 Å². The van der Waals surface area contributed by atoms with Gasteiger partial charge in [-0.25, -0.2) is 4.79 Å². The molecule has 1 aliphatic heterocycles. The first kappa shape index (κ1) is 22.3. The molecule has 0 spiro atoms. The lowest BCUT2D eigenvalue weighted by Crippen LogP contribution is -2.36. The molecule has 6 nitrogen and oxygen atoms in total. The summed E-state index contributed by atoms with van der Waals surface area (Å²) in [5, 5.41) is 8.98. The van der Waals surface area contributed by atoms with Crippen molar-refractivity contribution in [3.63, 3.8) is 0 Å². The maximum atomic E-state index is 10.9. The van der Waals surface area contributed by atoms with Gasteiger partial charge in [0.2, 0.25) is 0 Å². The molecule has 0 saturated carbocycles. The zero-order valence-corrected chi connectivity index (χ0v) is 19.6. The number of benzene rings is 3. The number of carbonyl (C=O) groups is 1. The van der Waals surface area contributed by atoms with Gasteiger partial charge in [-0.1, -0.05) is 12.1 Å². The number of carboxylic acids is 1. The topological polar surface area (TPSA) is 71.4 Å². The molecule has 1 fully saturated rings. The lowest BCUT2D eigenvalue weighted by molar-refractivity contribution is 0.0697. The first-order chi connectivity index (χ1) is 15.6. The molecule has 0 aromatic heterocycles. The fourth-order valence-corrected chi connectivity index (χ4v) is 4.03. The van der Waals surface area contributed by atoms with Gasteiger partial charge in [0.1, 0.15) is 12.4 Å². The molecule has 164 valence electrons. The summed E-state index contributed by atoms with van der Waals surface area (Å²) in [6, 6.07) is 20.9. The van der Waals surface area contributed by atoms with Crippen LogP contribution in [-0.4, -0.2) is 43.6 Å². The minimum atomic E-state index is -0.933. The van der Waals surface area contributed by atoms with Crippen molar-refractivity contribution < 1.29 is 19.4 Å². The Morgan fingerprint density at radius 2 is 1.78 bits per heavy atom. The molecule has 4 rings (SSSR count). The molecule has 3 aromatic carbocycles. The van der Waals surface area contributed by atoms with Crippen molar-refractivity contribution in [3.8, 4) is 5.75 Å². The van der Waals surface area contributed by atoms with E-state index in [1.54, 1.807) is 24.3 Å². The van der Waals surface area contributed by atoms with E-state index in [1.807, 2.05) is 36.5 Å². The van der Waals surface area contributed by atoms with Crippen molar-refractivity contribution in [1.29, 1.82) is 0 Å². The molecule has 7 heteroatoms. The van der Waals surface area contributed by atoms with E-state index >= 15 is 0 Å². The molecule has 0 bridgehead atoms. The number of carboxylic acid groups (broad SMARTS) is 1. The summed E-state index contributed by atoms with van der Waals surface area (Å²) < 4.78 is 12.3. The van der Waals surface area contributed by atoms with E-state index in [1.165, 1.54) is 5.69 Å². The molecule has 1 aliphatic rings. The van der Waals surface area contributed by atoms with Crippen LogP contribution in [0.15, 0.2) is 71.7 Å². The molecule has 0 atom stereocenters. The first-order valence-electron chi connectivity index (χ1n) is 10.3. The summed E-state index contributed by atoms with van der Waals surface area (Å²) in [5.74, 6) is -0.155. The SMILES string of the molecule is O=C(O)c1ccc(COc2ccc(C=Nc3ccc(N4CCOCC4)cc3)cc2I)cc1. The number of hydrogen-bond donors (Lipinski definition) is 1. The van der Waals surface area contributed by atoms with Crippen LogP contribution in [0.25, 0.3) is 0 Å². The van der Waals surface area contributed by atoms with E-state index in [-0.39, 0.29) is 5.56 Å². The quantitative estimate of drug-likeness (QED) is 0.330. The molecule has 0 aliphatic carbocycles. The third kappa shape index (κ3) is 5.86. The number of aromatic carboxylic acids is 1. The van der Waals surface area contributed by atoms with Crippen LogP contribution in [0.3, 0.4) is 0 Å². The van der Waals surface area contributed by atoms with Gasteiger partial charge in [-0.2, -0.15) is 0 Å². The average Bonchev–Trinajstić information content (AvgIpc) is 2.83. The van der Waals surface area contributed by atoms with Gasteiger partial charge in [0, 0.05) is 25.0 Å². The second-order valence-corrected chi connectivity index (χ2v) is 8.52. The van der Waals surface area contributed by atoms with Crippen LogP contribution in [0.4, 0.5) is 11.4 Å². The van der Waals surface area contributed by atoms with Gasteiger partial charge in [-0.05, 0) is 88.3 Å². The van der Waals surface area contributed by atoms with Crippen LogP contribution in [0.5, 0.6) is 5.75 Å². The Kier molecular flexibility index (Phi) is 7.39. The number of anilines is 1. The molecule has 1 saturated heterocycles. The lowest BCUT2D eigenvalue weighted by Gasteiger charge is -2.28. The smallest absolute Gasteiger partial charge is 0.335 e. The zero-order valence-electron chi connectivity index (χ0n) is 17.4. The Labute approximate surface area is 200 Å². The van der Waals surface area contributed by atoms with Crippen molar-refractivity contribution >= 4 is 46.1 Å². The summed E-state index contributed by atoms with van der Waals surface area (Å²) in [4.78, 5) is 17.9. The Morgan fingerprint density at radius 1 is 1.06 bits per heavy atom. The summed E-state index contributed by atoms with van der Waals surface area (Å²) in [5.41, 5.74) is 4.27. The van der Waals surface area contributed by atoms with Gasteiger partial charge in [-0.3, -0.25) is 4.99 Å². The molecule has 3 aromatic rings. The third-order valence-electron chi connectivity index (χ3n) is 5.14. The van der Waals surface area contributed by atoms with Crippen LogP contribution in [0, 0.1) is 3.57 Å². The maximum absolute atomic E-state index is 10.9. The first-order valence-corrected chi connectivity index (χ1v) is 11.4. The van der Waals surface area contributed by atoms with Crippen molar-refractivity contribution in [3.05, 3.63) is 87.0 Å². The number of nitrogens with zero attached hydrogens (tertiary/aromatic N) is 2. The number of ether oxygens (including phenoxy) is 2. The summed E-state index contributed by atoms with van der Waals surface area (Å²) in [6.07, 6.45) is 1.85. The number of morpholine rings is 1. The van der Waals surface area contributed by atoms with Gasteiger partial charge >= 0.3 is 5.97 Å². The van der Waals surface area contributed by atoms with E-state index < -0.39 is 5.97 Å². The number of hydrogen-bond acceptors (Lipinski definition) is 5. The Bertz CT molecular complexity index is 1090. The zero-order chi connectivity index (χ0) is 22.3. The molecular formula is C25H23IN2O4. The Morgan fingerprint density at radius 3 is 2.44 bits per heavy atom. The highest BCUT2D eigenvalue weighted by Gasteiger charge is 2.10. The van der Waals surface area contributed by atoms with E-state index in [0.29, 0.717) is 6.61 Å². The molecule has 0 radical (unpaired) electrons. The predicted molar refractivity (Wildman–Crippen MR) is 134 cm³/mol. The van der Waals surface area contributed by atoms with Crippen LogP contribution < -0.4 is 9.64 Å². The normalized spacial score (nSPS) is 14.0. The second kappa shape index (κ2) is 10.6. The Balaban J connectivity index is 1.35. The maximum Gasteiger partial charge on any atom is 0.335 e. The molecule has 0 amide bonds. The van der Waals surface area contributed by atoms with Gasteiger partial charge in [0.05, 0.1) is 28.0 Å². The van der Waals surface area contributed by atoms with E-state index in [4.69, 9.17) is 14.6 Å². The largest absolute Gasteiger partial charge is 0.488 e.